The summed E-state index contributed by atoms with van der Waals surface area (Å²) < 4.78 is 6.96. The van der Waals surface area contributed by atoms with Gasteiger partial charge in [-0.15, -0.1) is 0 Å². The summed E-state index contributed by atoms with van der Waals surface area (Å²) in [4.78, 5) is 4.95. The molecule has 0 aliphatic carbocycles. The fraction of sp³-hybridized carbons (Fsp3) is 0. The number of pyridine rings is 1. The minimum Gasteiger partial charge on any atom is -0.309 e. The Balaban J connectivity index is 1.18. The van der Waals surface area contributed by atoms with Gasteiger partial charge in [0.05, 0.1) is 33.1 Å². The molecule has 10 rings (SSSR count). The van der Waals surface area contributed by atoms with E-state index in [1.165, 1.54) is 54.9 Å². The van der Waals surface area contributed by atoms with Crippen LogP contribution in [0, 0.1) is 0 Å². The third-order valence-electron chi connectivity index (χ3n) is 9.25. The Bertz CT molecular complexity index is 2740. The molecule has 0 amide bonds. The highest BCUT2D eigenvalue weighted by Crippen LogP contribution is 2.39. The van der Waals surface area contributed by atoms with E-state index in [0.717, 1.165) is 27.9 Å². The summed E-state index contributed by atoms with van der Waals surface area (Å²) in [5, 5.41) is 4.98. The van der Waals surface area contributed by atoms with Crippen LogP contribution in [0.15, 0.2) is 158 Å². The summed E-state index contributed by atoms with van der Waals surface area (Å²) in [6.45, 7) is 0. The van der Waals surface area contributed by atoms with Crippen molar-refractivity contribution in [1.29, 1.82) is 0 Å². The molecule has 0 radical (unpaired) electrons. The first-order chi connectivity index (χ1) is 22.3. The summed E-state index contributed by atoms with van der Waals surface area (Å²) >= 11 is 0. The van der Waals surface area contributed by atoms with E-state index in [1.54, 1.807) is 0 Å². The van der Waals surface area contributed by atoms with Gasteiger partial charge < -0.3 is 9.13 Å². The summed E-state index contributed by atoms with van der Waals surface area (Å²) in [6.07, 6.45) is 2.25. The second kappa shape index (κ2) is 9.18. The van der Waals surface area contributed by atoms with Gasteiger partial charge >= 0.3 is 0 Å². The first-order valence-electron chi connectivity index (χ1n) is 15.3. The van der Waals surface area contributed by atoms with Crippen molar-refractivity contribution in [3.8, 4) is 22.5 Å². The molecule has 4 heteroatoms. The molecule has 0 saturated heterocycles. The zero-order valence-electron chi connectivity index (χ0n) is 24.3. The van der Waals surface area contributed by atoms with Crippen LogP contribution in [0.25, 0.3) is 82.8 Å². The van der Waals surface area contributed by atoms with Gasteiger partial charge in [-0.1, -0.05) is 91.0 Å². The number of rotatable bonds is 3. The predicted molar refractivity (Wildman–Crippen MR) is 187 cm³/mol. The molecule has 4 nitrogen and oxygen atoms in total. The van der Waals surface area contributed by atoms with Gasteiger partial charge in [0, 0.05) is 45.2 Å². The quantitative estimate of drug-likeness (QED) is 0.206. The number of aromatic nitrogens is 4. The Morgan fingerprint density at radius 1 is 0.422 bits per heavy atom. The van der Waals surface area contributed by atoms with Gasteiger partial charge in [0.2, 0.25) is 0 Å². The Morgan fingerprint density at radius 3 is 1.87 bits per heavy atom. The van der Waals surface area contributed by atoms with Crippen molar-refractivity contribution in [3.63, 3.8) is 0 Å². The Kier molecular flexibility index (Phi) is 4.96. The normalized spacial score (nSPS) is 12.0. The van der Waals surface area contributed by atoms with Gasteiger partial charge in [-0.25, -0.2) is 4.98 Å². The van der Waals surface area contributed by atoms with Gasteiger partial charge in [0.1, 0.15) is 5.65 Å². The van der Waals surface area contributed by atoms with Crippen molar-refractivity contribution in [3.05, 3.63) is 158 Å². The monoisotopic (exact) mass is 574 g/mol. The lowest BCUT2D eigenvalue weighted by molar-refractivity contribution is 1.17. The van der Waals surface area contributed by atoms with Crippen LogP contribution < -0.4 is 0 Å². The number of hydrogen-bond donors (Lipinski definition) is 0. The highest BCUT2D eigenvalue weighted by atomic mass is 15.0. The molecule has 210 valence electrons. The maximum Gasteiger partial charge on any atom is 0.140 e. The molecule has 0 spiro atoms. The zero-order valence-corrected chi connectivity index (χ0v) is 24.3. The van der Waals surface area contributed by atoms with Crippen molar-refractivity contribution in [2.24, 2.45) is 0 Å². The second-order valence-electron chi connectivity index (χ2n) is 11.7. The largest absolute Gasteiger partial charge is 0.309 e. The van der Waals surface area contributed by atoms with Crippen LogP contribution in [0.4, 0.5) is 0 Å². The average molecular weight is 575 g/mol. The molecule has 10 aromatic rings. The van der Waals surface area contributed by atoms with E-state index >= 15 is 0 Å². The van der Waals surface area contributed by atoms with Crippen molar-refractivity contribution in [2.75, 3.05) is 0 Å². The third kappa shape index (κ3) is 3.45. The number of benzene rings is 6. The molecule has 45 heavy (non-hydrogen) atoms. The maximum atomic E-state index is 4.95. The Morgan fingerprint density at radius 2 is 1.04 bits per heavy atom. The van der Waals surface area contributed by atoms with E-state index in [0.29, 0.717) is 0 Å². The lowest BCUT2D eigenvalue weighted by Crippen LogP contribution is -1.95. The zero-order chi connectivity index (χ0) is 29.5. The molecule has 0 fully saturated rings. The van der Waals surface area contributed by atoms with E-state index in [9.17, 15) is 0 Å². The molecule has 0 aliphatic rings. The SMILES string of the molecule is c1ccc(-n2c3ccccc3c3c(-c4ccc(-n5c6ccccc6c6cn7c(cc65)nc5ccccc57)cc4)cccc32)cc1. The summed E-state index contributed by atoms with van der Waals surface area (Å²) in [7, 11) is 0. The minimum absolute atomic E-state index is 0.950. The van der Waals surface area contributed by atoms with Crippen LogP contribution in [0.3, 0.4) is 0 Å². The molecule has 4 aromatic heterocycles. The molecular weight excluding hydrogens is 548 g/mol. The lowest BCUT2D eigenvalue weighted by Gasteiger charge is -2.11. The standard InChI is InChI=1S/C41H26N4/c1-2-11-28(12-3-1)44-36-18-8-5-14-32(36)41-30(15-10-20-38(41)44)27-21-23-29(24-22-27)45-35-17-7-4-13-31(35)33-26-43-37-19-9-6-16-34(37)42-40(43)25-39(33)45/h1-26H. The fourth-order valence-corrected chi connectivity index (χ4v) is 7.30. The molecule has 0 aliphatic heterocycles. The van der Waals surface area contributed by atoms with E-state index < -0.39 is 0 Å². The molecule has 0 atom stereocenters. The molecule has 6 aromatic carbocycles. The van der Waals surface area contributed by atoms with Crippen LogP contribution in [0.5, 0.6) is 0 Å². The number of imidazole rings is 1. The smallest absolute Gasteiger partial charge is 0.140 e. The second-order valence-corrected chi connectivity index (χ2v) is 11.7. The topological polar surface area (TPSA) is 27.2 Å². The van der Waals surface area contributed by atoms with E-state index in [2.05, 4.69) is 165 Å². The van der Waals surface area contributed by atoms with Crippen molar-refractivity contribution < 1.29 is 0 Å². The number of nitrogens with zero attached hydrogens (tertiary/aromatic N) is 4. The third-order valence-corrected chi connectivity index (χ3v) is 9.25. The van der Waals surface area contributed by atoms with Crippen LogP contribution >= 0.6 is 0 Å². The van der Waals surface area contributed by atoms with Crippen LogP contribution in [-0.2, 0) is 0 Å². The fourth-order valence-electron chi connectivity index (χ4n) is 7.30. The molecule has 0 unspecified atom stereocenters. The number of para-hydroxylation sites is 5. The molecule has 4 heterocycles. The van der Waals surface area contributed by atoms with Gasteiger partial charge in [-0.05, 0) is 65.7 Å². The lowest BCUT2D eigenvalue weighted by atomic mass is 9.99. The van der Waals surface area contributed by atoms with Crippen LogP contribution in [-0.4, -0.2) is 18.5 Å². The highest BCUT2D eigenvalue weighted by Gasteiger charge is 2.18. The predicted octanol–water partition coefficient (Wildman–Crippen LogP) is 10.3. The first-order valence-corrected chi connectivity index (χ1v) is 15.3. The van der Waals surface area contributed by atoms with Crippen LogP contribution in [0.1, 0.15) is 0 Å². The van der Waals surface area contributed by atoms with Crippen LogP contribution in [0.2, 0.25) is 0 Å². The van der Waals surface area contributed by atoms with E-state index in [-0.39, 0.29) is 0 Å². The van der Waals surface area contributed by atoms with Crippen molar-refractivity contribution in [1.82, 2.24) is 18.5 Å². The minimum atomic E-state index is 0.950. The number of hydrogen-bond acceptors (Lipinski definition) is 1. The Hall–Kier alpha value is -6.13. The average Bonchev–Trinajstić information content (AvgIpc) is 3.75. The molecule has 0 bridgehead atoms. The number of fused-ring (bicyclic) bond motifs is 9. The van der Waals surface area contributed by atoms with Crippen molar-refractivity contribution in [2.45, 2.75) is 0 Å². The van der Waals surface area contributed by atoms with Gasteiger partial charge in [-0.3, -0.25) is 4.40 Å². The summed E-state index contributed by atoms with van der Waals surface area (Å²) in [6, 6.07) is 54.3. The highest BCUT2D eigenvalue weighted by molar-refractivity contribution is 6.16. The molecule has 0 N–H and O–H groups in total. The summed E-state index contributed by atoms with van der Waals surface area (Å²) in [5.74, 6) is 0. The van der Waals surface area contributed by atoms with Gasteiger partial charge in [0.25, 0.3) is 0 Å². The van der Waals surface area contributed by atoms with E-state index in [1.807, 2.05) is 6.07 Å². The first kappa shape index (κ1) is 24.3. The van der Waals surface area contributed by atoms with Gasteiger partial charge in [-0.2, -0.15) is 0 Å². The molecular formula is C41H26N4. The van der Waals surface area contributed by atoms with E-state index in [4.69, 9.17) is 4.98 Å². The van der Waals surface area contributed by atoms with Gasteiger partial charge in [0.15, 0.2) is 0 Å². The van der Waals surface area contributed by atoms with Crippen molar-refractivity contribution >= 4 is 60.3 Å². The Labute approximate surface area is 258 Å². The molecule has 0 saturated carbocycles. The maximum absolute atomic E-state index is 4.95. The summed E-state index contributed by atoms with van der Waals surface area (Å²) in [5.41, 5.74) is 12.6.